The molecule has 2 rings (SSSR count). The molecule has 2 N–H and O–H groups in total. The summed E-state index contributed by atoms with van der Waals surface area (Å²) in [4.78, 5) is 27.8. The van der Waals surface area contributed by atoms with Gasteiger partial charge in [0.05, 0.1) is 11.0 Å². The number of ketones is 1. The van der Waals surface area contributed by atoms with Crippen LogP contribution in [0.4, 0.5) is 0 Å². The molecule has 6 heteroatoms. The zero-order chi connectivity index (χ0) is 11.0. The first-order chi connectivity index (χ1) is 7.08. The molecule has 78 valence electrons. The molecule has 0 radical (unpaired) electrons. The zero-order valence-electron chi connectivity index (χ0n) is 7.38. The van der Waals surface area contributed by atoms with Crippen LogP contribution in [0.3, 0.4) is 0 Å². The van der Waals surface area contributed by atoms with Crippen LogP contribution in [0, 0.1) is 0 Å². The largest absolute Gasteiger partial charge is 0.323 e. The van der Waals surface area contributed by atoms with E-state index in [1.54, 1.807) is 18.2 Å². The highest BCUT2D eigenvalue weighted by molar-refractivity contribution is 9.25. The van der Waals surface area contributed by atoms with Crippen LogP contribution in [-0.4, -0.2) is 19.5 Å². The first kappa shape index (κ1) is 10.6. The minimum absolute atomic E-state index is 0.0843. The number of H-pyrrole nitrogens is 2. The van der Waals surface area contributed by atoms with Crippen LogP contribution >= 0.6 is 31.9 Å². The van der Waals surface area contributed by atoms with Crippen LogP contribution in [0.2, 0.25) is 0 Å². The third-order valence-corrected chi connectivity index (χ3v) is 2.83. The summed E-state index contributed by atoms with van der Waals surface area (Å²) in [7, 11) is 0. The Labute approximate surface area is 101 Å². The summed E-state index contributed by atoms with van der Waals surface area (Å²) in [6, 6.07) is 5.01. The van der Waals surface area contributed by atoms with Crippen molar-refractivity contribution in [3.63, 3.8) is 0 Å². The van der Waals surface area contributed by atoms with Gasteiger partial charge in [0.1, 0.15) is 3.74 Å². The standard InChI is InChI=1S/C9H6Br2N2O2/c10-8(11)7(14)4-1-2-5-6(3-4)13-9(15)12-5/h1-3,8H,(H2,12,13,15). The number of Topliss-reactive ketones (excluding diaryl/α,β-unsaturated/α-hetero) is 1. The zero-order valence-corrected chi connectivity index (χ0v) is 10.6. The molecule has 0 aliphatic rings. The number of rotatable bonds is 2. The highest BCUT2D eigenvalue weighted by Gasteiger charge is 2.13. The Morgan fingerprint density at radius 3 is 2.53 bits per heavy atom. The highest BCUT2D eigenvalue weighted by Crippen LogP contribution is 2.18. The maximum Gasteiger partial charge on any atom is 0.323 e. The molecule has 0 aliphatic carbocycles. The molecule has 2 aromatic rings. The summed E-state index contributed by atoms with van der Waals surface area (Å²) >= 11 is 6.27. The van der Waals surface area contributed by atoms with E-state index in [2.05, 4.69) is 41.8 Å². The molecule has 0 fully saturated rings. The Kier molecular flexibility index (Phi) is 2.79. The van der Waals surface area contributed by atoms with E-state index in [9.17, 15) is 9.59 Å². The minimum Gasteiger partial charge on any atom is -0.306 e. The Hall–Kier alpha value is -0.880. The Morgan fingerprint density at radius 1 is 1.20 bits per heavy atom. The number of nitrogens with one attached hydrogen (secondary N) is 2. The van der Waals surface area contributed by atoms with Crippen LogP contribution < -0.4 is 5.69 Å². The summed E-state index contributed by atoms with van der Waals surface area (Å²) < 4.78 is -0.409. The van der Waals surface area contributed by atoms with Gasteiger partial charge in [-0.25, -0.2) is 4.79 Å². The van der Waals surface area contributed by atoms with Gasteiger partial charge in [0, 0.05) is 5.56 Å². The fourth-order valence-electron chi connectivity index (χ4n) is 1.31. The number of carbonyl (C=O) groups excluding carboxylic acids is 1. The van der Waals surface area contributed by atoms with Crippen LogP contribution in [0.25, 0.3) is 11.0 Å². The quantitative estimate of drug-likeness (QED) is 0.653. The molecule has 15 heavy (non-hydrogen) atoms. The van der Waals surface area contributed by atoms with Gasteiger partial charge in [0.2, 0.25) is 0 Å². The first-order valence-corrected chi connectivity index (χ1v) is 5.95. The van der Waals surface area contributed by atoms with Crippen molar-refractivity contribution in [1.82, 2.24) is 9.97 Å². The molecule has 0 atom stereocenters. The van der Waals surface area contributed by atoms with Gasteiger partial charge >= 0.3 is 5.69 Å². The molecule has 1 aromatic carbocycles. The Morgan fingerprint density at radius 2 is 1.87 bits per heavy atom. The number of hydrogen-bond donors (Lipinski definition) is 2. The van der Waals surface area contributed by atoms with Gasteiger partial charge in [0.15, 0.2) is 5.78 Å². The third kappa shape index (κ3) is 2.05. The lowest BCUT2D eigenvalue weighted by molar-refractivity contribution is 0.101. The summed E-state index contributed by atoms with van der Waals surface area (Å²) in [6.45, 7) is 0. The summed E-state index contributed by atoms with van der Waals surface area (Å²) in [6.07, 6.45) is 0. The average molecular weight is 334 g/mol. The number of aromatic nitrogens is 2. The van der Waals surface area contributed by atoms with Crippen LogP contribution in [0.1, 0.15) is 10.4 Å². The molecule has 0 amide bonds. The summed E-state index contributed by atoms with van der Waals surface area (Å²) in [5, 5.41) is 0. The molecule has 0 bridgehead atoms. The molecular weight excluding hydrogens is 328 g/mol. The topological polar surface area (TPSA) is 65.7 Å². The summed E-state index contributed by atoms with van der Waals surface area (Å²) in [5.74, 6) is -0.0843. The van der Waals surface area contributed by atoms with E-state index >= 15 is 0 Å². The second-order valence-corrected chi connectivity index (χ2v) is 6.06. The van der Waals surface area contributed by atoms with Gasteiger partial charge in [-0.3, -0.25) is 4.79 Å². The molecule has 0 unspecified atom stereocenters. The smallest absolute Gasteiger partial charge is 0.306 e. The number of imidazole rings is 1. The molecule has 1 aromatic heterocycles. The van der Waals surface area contributed by atoms with Crippen molar-refractivity contribution in [2.24, 2.45) is 0 Å². The van der Waals surface area contributed by atoms with Crippen LogP contribution in [-0.2, 0) is 0 Å². The van der Waals surface area contributed by atoms with Gasteiger partial charge in [-0.05, 0) is 18.2 Å². The lowest BCUT2D eigenvalue weighted by Crippen LogP contribution is -2.06. The van der Waals surface area contributed by atoms with Crippen LogP contribution in [0.5, 0.6) is 0 Å². The lowest BCUT2D eigenvalue weighted by Gasteiger charge is -2.00. The SMILES string of the molecule is O=C(c1ccc2[nH]c(=O)[nH]c2c1)C(Br)Br. The van der Waals surface area contributed by atoms with Crippen molar-refractivity contribution < 1.29 is 4.79 Å². The Bertz CT molecular complexity index is 571. The van der Waals surface area contributed by atoms with E-state index in [0.29, 0.717) is 16.6 Å². The van der Waals surface area contributed by atoms with E-state index in [4.69, 9.17) is 0 Å². The second kappa shape index (κ2) is 3.94. The number of alkyl halides is 2. The Balaban J connectivity index is 2.55. The molecular formula is C9H6Br2N2O2. The van der Waals surface area contributed by atoms with Crippen molar-refractivity contribution in [2.45, 2.75) is 3.74 Å². The molecule has 0 saturated carbocycles. The average Bonchev–Trinajstić information content (AvgIpc) is 2.55. The number of fused-ring (bicyclic) bond motifs is 1. The fourth-order valence-corrected chi connectivity index (χ4v) is 1.84. The predicted octanol–water partition coefficient (Wildman–Crippen LogP) is 2.15. The van der Waals surface area contributed by atoms with Crippen molar-refractivity contribution in [3.8, 4) is 0 Å². The fraction of sp³-hybridized carbons (Fsp3) is 0.111. The molecule has 0 saturated heterocycles. The van der Waals surface area contributed by atoms with E-state index in [-0.39, 0.29) is 11.5 Å². The molecule has 1 heterocycles. The summed E-state index contributed by atoms with van der Waals surface area (Å²) in [5.41, 5.74) is 1.59. The third-order valence-electron chi connectivity index (χ3n) is 2.00. The normalized spacial score (nSPS) is 11.1. The minimum atomic E-state index is -0.409. The highest BCUT2D eigenvalue weighted by atomic mass is 79.9. The van der Waals surface area contributed by atoms with Gasteiger partial charge in [-0.1, -0.05) is 31.9 Å². The molecule has 0 spiro atoms. The van der Waals surface area contributed by atoms with E-state index in [0.717, 1.165) is 0 Å². The van der Waals surface area contributed by atoms with E-state index < -0.39 is 3.74 Å². The monoisotopic (exact) mass is 332 g/mol. The van der Waals surface area contributed by atoms with Crippen molar-refractivity contribution >= 4 is 48.7 Å². The number of halogens is 2. The van der Waals surface area contributed by atoms with Gasteiger partial charge in [-0.2, -0.15) is 0 Å². The van der Waals surface area contributed by atoms with Crippen molar-refractivity contribution in [3.05, 3.63) is 34.2 Å². The lowest BCUT2D eigenvalue weighted by atomic mass is 10.1. The van der Waals surface area contributed by atoms with E-state index in [1.807, 2.05) is 0 Å². The molecule has 0 aliphatic heterocycles. The van der Waals surface area contributed by atoms with Crippen molar-refractivity contribution in [1.29, 1.82) is 0 Å². The van der Waals surface area contributed by atoms with Gasteiger partial charge in [0.25, 0.3) is 0 Å². The van der Waals surface area contributed by atoms with E-state index in [1.165, 1.54) is 0 Å². The number of aromatic amines is 2. The maximum atomic E-state index is 11.6. The number of benzene rings is 1. The second-order valence-electron chi connectivity index (χ2n) is 3.00. The van der Waals surface area contributed by atoms with Gasteiger partial charge in [-0.15, -0.1) is 0 Å². The number of hydrogen-bond acceptors (Lipinski definition) is 2. The maximum absolute atomic E-state index is 11.6. The predicted molar refractivity (Wildman–Crippen MR) is 64.9 cm³/mol. The first-order valence-electron chi connectivity index (χ1n) is 4.12. The van der Waals surface area contributed by atoms with Crippen molar-refractivity contribution in [2.75, 3.05) is 0 Å². The molecule has 4 nitrogen and oxygen atoms in total. The van der Waals surface area contributed by atoms with Gasteiger partial charge < -0.3 is 9.97 Å². The number of carbonyl (C=O) groups is 1. The van der Waals surface area contributed by atoms with Crippen LogP contribution in [0.15, 0.2) is 23.0 Å².